The third-order valence-corrected chi connectivity index (χ3v) is 3.09. The fourth-order valence-corrected chi connectivity index (χ4v) is 2.03. The number of anilines is 1. The number of para-hydroxylation sites is 1. The summed E-state index contributed by atoms with van der Waals surface area (Å²) in [5, 5.41) is 2.93. The first-order valence-electron chi connectivity index (χ1n) is 6.31. The smallest absolute Gasteiger partial charge is 0.255 e. The second kappa shape index (κ2) is 5.67. The topological polar surface area (TPSA) is 55.1 Å². The van der Waals surface area contributed by atoms with Crippen molar-refractivity contribution in [3.8, 4) is 0 Å². The van der Waals surface area contributed by atoms with Crippen molar-refractivity contribution in [2.45, 2.75) is 19.9 Å². The van der Waals surface area contributed by atoms with E-state index in [1.54, 1.807) is 0 Å². The summed E-state index contributed by atoms with van der Waals surface area (Å²) in [5.41, 5.74) is 9.25. The number of carbonyl (C=O) groups is 1. The summed E-state index contributed by atoms with van der Waals surface area (Å²) in [6.07, 6.45) is 0. The molecule has 2 aromatic rings. The van der Waals surface area contributed by atoms with Crippen molar-refractivity contribution in [2.75, 3.05) is 5.32 Å². The minimum absolute atomic E-state index is 0.105. The number of hydrogen-bond donors (Lipinski definition) is 2. The summed E-state index contributed by atoms with van der Waals surface area (Å²) < 4.78 is 0. The van der Waals surface area contributed by atoms with E-state index < -0.39 is 0 Å². The van der Waals surface area contributed by atoms with E-state index >= 15 is 0 Å². The highest BCUT2D eigenvalue weighted by molar-refractivity contribution is 6.05. The van der Waals surface area contributed by atoms with E-state index in [-0.39, 0.29) is 11.9 Å². The highest BCUT2D eigenvalue weighted by atomic mass is 16.1. The molecule has 1 amide bonds. The Labute approximate surface area is 113 Å². The van der Waals surface area contributed by atoms with Gasteiger partial charge < -0.3 is 11.1 Å². The highest BCUT2D eigenvalue weighted by Gasteiger charge is 2.12. The zero-order valence-corrected chi connectivity index (χ0v) is 11.2. The fourth-order valence-electron chi connectivity index (χ4n) is 2.03. The van der Waals surface area contributed by atoms with Gasteiger partial charge in [0.1, 0.15) is 0 Å². The maximum atomic E-state index is 12.3. The second-order valence-corrected chi connectivity index (χ2v) is 4.64. The molecule has 0 saturated carbocycles. The van der Waals surface area contributed by atoms with Gasteiger partial charge in [0, 0.05) is 17.3 Å². The molecule has 1 unspecified atom stereocenters. The van der Waals surface area contributed by atoms with Crippen molar-refractivity contribution in [1.29, 1.82) is 0 Å². The Morgan fingerprint density at radius 1 is 1.11 bits per heavy atom. The van der Waals surface area contributed by atoms with E-state index in [4.69, 9.17) is 5.73 Å². The van der Waals surface area contributed by atoms with E-state index in [1.807, 2.05) is 62.4 Å². The quantitative estimate of drug-likeness (QED) is 0.883. The Hall–Kier alpha value is -2.13. The number of hydrogen-bond acceptors (Lipinski definition) is 2. The van der Waals surface area contributed by atoms with Crippen LogP contribution in [-0.4, -0.2) is 5.91 Å². The molecule has 19 heavy (non-hydrogen) atoms. The average molecular weight is 254 g/mol. The SMILES string of the molecule is Cc1ccccc1C(=O)Nc1ccccc1C(C)N. The third-order valence-electron chi connectivity index (χ3n) is 3.09. The first kappa shape index (κ1) is 13.3. The fraction of sp³-hybridized carbons (Fsp3) is 0.188. The Morgan fingerprint density at radius 2 is 1.74 bits per heavy atom. The van der Waals surface area contributed by atoms with E-state index in [0.717, 1.165) is 16.8 Å². The number of aryl methyl sites for hydroxylation is 1. The zero-order chi connectivity index (χ0) is 13.8. The lowest BCUT2D eigenvalue weighted by molar-refractivity contribution is 0.102. The normalized spacial score (nSPS) is 11.9. The van der Waals surface area contributed by atoms with Crippen molar-refractivity contribution in [3.05, 3.63) is 65.2 Å². The number of benzene rings is 2. The van der Waals surface area contributed by atoms with Crippen LogP contribution in [0.3, 0.4) is 0 Å². The summed E-state index contributed by atoms with van der Waals surface area (Å²) in [5.74, 6) is -0.105. The second-order valence-electron chi connectivity index (χ2n) is 4.64. The van der Waals surface area contributed by atoms with Crippen LogP contribution in [0.2, 0.25) is 0 Å². The summed E-state index contributed by atoms with van der Waals surface area (Å²) in [6.45, 7) is 3.82. The maximum absolute atomic E-state index is 12.3. The highest BCUT2D eigenvalue weighted by Crippen LogP contribution is 2.21. The van der Waals surface area contributed by atoms with E-state index in [0.29, 0.717) is 5.56 Å². The molecule has 98 valence electrons. The van der Waals surface area contributed by atoms with Gasteiger partial charge in [0.15, 0.2) is 0 Å². The first-order valence-corrected chi connectivity index (χ1v) is 6.31. The maximum Gasteiger partial charge on any atom is 0.255 e. The molecule has 0 radical (unpaired) electrons. The summed E-state index contributed by atoms with van der Waals surface area (Å²) in [6, 6.07) is 15.0. The van der Waals surface area contributed by atoms with Crippen molar-refractivity contribution in [2.24, 2.45) is 5.73 Å². The Bertz CT molecular complexity index is 591. The lowest BCUT2D eigenvalue weighted by atomic mass is 10.1. The van der Waals surface area contributed by atoms with Crippen LogP contribution in [-0.2, 0) is 0 Å². The molecule has 3 N–H and O–H groups in total. The van der Waals surface area contributed by atoms with Crippen molar-refractivity contribution in [3.63, 3.8) is 0 Å². The number of carbonyl (C=O) groups excluding carboxylic acids is 1. The van der Waals surface area contributed by atoms with Crippen LogP contribution in [0.5, 0.6) is 0 Å². The van der Waals surface area contributed by atoms with Crippen LogP contribution in [0.4, 0.5) is 5.69 Å². The van der Waals surface area contributed by atoms with Crippen LogP contribution in [0.1, 0.15) is 34.5 Å². The molecule has 1 atom stereocenters. The van der Waals surface area contributed by atoms with Crippen LogP contribution >= 0.6 is 0 Å². The molecule has 2 aromatic carbocycles. The lowest BCUT2D eigenvalue weighted by Crippen LogP contribution is -2.16. The van der Waals surface area contributed by atoms with E-state index in [2.05, 4.69) is 5.32 Å². The molecule has 0 aliphatic heterocycles. The molecule has 0 fully saturated rings. The third kappa shape index (κ3) is 3.01. The number of amides is 1. The van der Waals surface area contributed by atoms with Gasteiger partial charge in [-0.2, -0.15) is 0 Å². The Kier molecular flexibility index (Phi) is 3.97. The molecule has 3 heteroatoms. The molecule has 3 nitrogen and oxygen atoms in total. The molecule has 0 aliphatic carbocycles. The minimum atomic E-state index is -0.117. The van der Waals surface area contributed by atoms with Crippen molar-refractivity contribution < 1.29 is 4.79 Å². The molecule has 0 aliphatic rings. The van der Waals surface area contributed by atoms with Crippen LogP contribution in [0.25, 0.3) is 0 Å². The Morgan fingerprint density at radius 3 is 2.42 bits per heavy atom. The standard InChI is InChI=1S/C16H18N2O/c1-11-7-3-4-8-13(11)16(19)18-15-10-6-5-9-14(15)12(2)17/h3-10,12H,17H2,1-2H3,(H,18,19). The molecular weight excluding hydrogens is 236 g/mol. The summed E-state index contributed by atoms with van der Waals surface area (Å²) in [7, 11) is 0. The van der Waals surface area contributed by atoms with E-state index in [9.17, 15) is 4.79 Å². The minimum Gasteiger partial charge on any atom is -0.324 e. The van der Waals surface area contributed by atoms with Crippen LogP contribution in [0, 0.1) is 6.92 Å². The first-order chi connectivity index (χ1) is 9.09. The monoisotopic (exact) mass is 254 g/mol. The van der Waals surface area contributed by atoms with Gasteiger partial charge in [-0.25, -0.2) is 0 Å². The molecular formula is C16H18N2O. The molecule has 0 bridgehead atoms. The van der Waals surface area contributed by atoms with Crippen LogP contribution in [0.15, 0.2) is 48.5 Å². The van der Waals surface area contributed by atoms with Gasteiger partial charge in [-0.05, 0) is 37.1 Å². The van der Waals surface area contributed by atoms with Crippen molar-refractivity contribution in [1.82, 2.24) is 0 Å². The van der Waals surface area contributed by atoms with Gasteiger partial charge >= 0.3 is 0 Å². The van der Waals surface area contributed by atoms with E-state index in [1.165, 1.54) is 0 Å². The van der Waals surface area contributed by atoms with Gasteiger partial charge in [0.25, 0.3) is 5.91 Å². The van der Waals surface area contributed by atoms with Crippen LogP contribution < -0.4 is 11.1 Å². The van der Waals surface area contributed by atoms with Gasteiger partial charge in [-0.1, -0.05) is 36.4 Å². The number of rotatable bonds is 3. The zero-order valence-electron chi connectivity index (χ0n) is 11.2. The largest absolute Gasteiger partial charge is 0.324 e. The molecule has 0 heterocycles. The summed E-state index contributed by atoms with van der Waals surface area (Å²) in [4.78, 5) is 12.3. The molecule has 0 spiro atoms. The predicted octanol–water partition coefficient (Wildman–Crippen LogP) is 3.27. The van der Waals surface area contributed by atoms with Gasteiger partial charge in [-0.3, -0.25) is 4.79 Å². The lowest BCUT2D eigenvalue weighted by Gasteiger charge is -2.14. The van der Waals surface area contributed by atoms with Gasteiger partial charge in [0.2, 0.25) is 0 Å². The predicted molar refractivity (Wildman–Crippen MR) is 78.2 cm³/mol. The van der Waals surface area contributed by atoms with Crippen molar-refractivity contribution >= 4 is 11.6 Å². The number of nitrogens with one attached hydrogen (secondary N) is 1. The summed E-state index contributed by atoms with van der Waals surface area (Å²) >= 11 is 0. The van der Waals surface area contributed by atoms with Gasteiger partial charge in [-0.15, -0.1) is 0 Å². The average Bonchev–Trinajstić information content (AvgIpc) is 2.39. The molecule has 0 aromatic heterocycles. The van der Waals surface area contributed by atoms with Gasteiger partial charge in [0.05, 0.1) is 0 Å². The Balaban J connectivity index is 2.27. The molecule has 0 saturated heterocycles. The molecule has 2 rings (SSSR count). The number of nitrogens with two attached hydrogens (primary N) is 1.